The summed E-state index contributed by atoms with van der Waals surface area (Å²) < 4.78 is 12.9. The molecule has 3 N–H and O–H groups in total. The molecule has 0 saturated heterocycles. The minimum Gasteiger partial charge on any atom is -0.320 e. The molecular formula is C18H15FN4O2S. The molecule has 1 heterocycles. The van der Waals surface area contributed by atoms with Crippen molar-refractivity contribution in [3.63, 3.8) is 0 Å². The molecule has 0 saturated carbocycles. The number of urea groups is 1. The average Bonchev–Trinajstić information content (AvgIpc) is 3.07. The molecule has 3 aromatic rings. The third-order valence-corrected chi connectivity index (χ3v) is 4.21. The van der Waals surface area contributed by atoms with Gasteiger partial charge >= 0.3 is 6.03 Å². The number of aromatic nitrogens is 1. The topological polar surface area (TPSA) is 83.1 Å². The van der Waals surface area contributed by atoms with Gasteiger partial charge in [0.1, 0.15) is 11.5 Å². The van der Waals surface area contributed by atoms with Gasteiger partial charge in [-0.3, -0.25) is 10.1 Å². The van der Waals surface area contributed by atoms with Crippen molar-refractivity contribution in [3.8, 4) is 0 Å². The molecule has 0 aliphatic carbocycles. The third-order valence-electron chi connectivity index (χ3n) is 3.45. The number of hydrogen-bond donors (Lipinski definition) is 3. The van der Waals surface area contributed by atoms with E-state index >= 15 is 0 Å². The lowest BCUT2D eigenvalue weighted by Gasteiger charge is -2.06. The zero-order chi connectivity index (χ0) is 18.5. The van der Waals surface area contributed by atoms with Gasteiger partial charge in [-0.05, 0) is 42.8 Å². The molecule has 2 aromatic carbocycles. The molecule has 26 heavy (non-hydrogen) atoms. The maximum absolute atomic E-state index is 12.9. The highest BCUT2D eigenvalue weighted by Crippen LogP contribution is 2.19. The van der Waals surface area contributed by atoms with Gasteiger partial charge in [0.15, 0.2) is 5.13 Å². The van der Waals surface area contributed by atoms with E-state index in [1.165, 1.54) is 24.3 Å². The first-order valence-electron chi connectivity index (χ1n) is 7.67. The summed E-state index contributed by atoms with van der Waals surface area (Å²) in [4.78, 5) is 28.3. The number of aryl methyl sites for hydroxylation is 1. The number of para-hydroxylation sites is 1. The number of amides is 3. The number of carbonyl (C=O) groups is 2. The van der Waals surface area contributed by atoms with E-state index in [9.17, 15) is 14.0 Å². The minimum absolute atomic E-state index is 0.204. The third kappa shape index (κ3) is 4.42. The van der Waals surface area contributed by atoms with Crippen LogP contribution in [0.3, 0.4) is 0 Å². The SMILES string of the molecule is Cc1ccccc1NC(=O)c1csc(NC(=O)Nc2ccc(F)cc2)n1. The molecule has 0 aliphatic rings. The fourth-order valence-electron chi connectivity index (χ4n) is 2.13. The number of carbonyl (C=O) groups excluding carboxylic acids is 2. The van der Waals surface area contributed by atoms with Gasteiger partial charge in [-0.1, -0.05) is 18.2 Å². The molecule has 0 unspecified atom stereocenters. The Labute approximate surface area is 153 Å². The molecule has 6 nitrogen and oxygen atoms in total. The Kier molecular flexibility index (Phi) is 5.23. The summed E-state index contributed by atoms with van der Waals surface area (Å²) in [7, 11) is 0. The molecule has 1 aromatic heterocycles. The van der Waals surface area contributed by atoms with Crippen molar-refractivity contribution in [1.82, 2.24) is 4.98 Å². The van der Waals surface area contributed by atoms with Crippen LogP contribution in [0, 0.1) is 12.7 Å². The smallest absolute Gasteiger partial charge is 0.320 e. The van der Waals surface area contributed by atoms with Crippen LogP contribution in [0.5, 0.6) is 0 Å². The fraction of sp³-hybridized carbons (Fsp3) is 0.0556. The molecule has 132 valence electrons. The van der Waals surface area contributed by atoms with E-state index in [4.69, 9.17) is 0 Å². The van der Waals surface area contributed by atoms with Gasteiger partial charge in [0, 0.05) is 16.8 Å². The van der Waals surface area contributed by atoms with Crippen molar-refractivity contribution in [2.24, 2.45) is 0 Å². The monoisotopic (exact) mass is 370 g/mol. The summed E-state index contributed by atoms with van der Waals surface area (Å²) in [5, 5.41) is 9.71. The number of nitrogens with zero attached hydrogens (tertiary/aromatic N) is 1. The number of hydrogen-bond acceptors (Lipinski definition) is 4. The van der Waals surface area contributed by atoms with Gasteiger partial charge in [-0.15, -0.1) is 11.3 Å². The van der Waals surface area contributed by atoms with Crippen molar-refractivity contribution < 1.29 is 14.0 Å². The zero-order valence-corrected chi connectivity index (χ0v) is 14.6. The van der Waals surface area contributed by atoms with E-state index in [0.717, 1.165) is 16.9 Å². The van der Waals surface area contributed by atoms with Crippen LogP contribution in [0.2, 0.25) is 0 Å². The van der Waals surface area contributed by atoms with Crippen molar-refractivity contribution in [2.75, 3.05) is 16.0 Å². The molecule has 0 bridgehead atoms. The van der Waals surface area contributed by atoms with Crippen molar-refractivity contribution in [1.29, 1.82) is 0 Å². The molecule has 8 heteroatoms. The van der Waals surface area contributed by atoms with Crippen LogP contribution in [-0.4, -0.2) is 16.9 Å². The van der Waals surface area contributed by atoms with Crippen LogP contribution in [-0.2, 0) is 0 Å². The lowest BCUT2D eigenvalue weighted by atomic mass is 10.2. The maximum atomic E-state index is 12.9. The fourth-order valence-corrected chi connectivity index (χ4v) is 2.81. The highest BCUT2D eigenvalue weighted by Gasteiger charge is 2.13. The number of thiazole rings is 1. The molecule has 3 rings (SSSR count). The summed E-state index contributed by atoms with van der Waals surface area (Å²) in [6, 6.07) is 12.2. The summed E-state index contributed by atoms with van der Waals surface area (Å²) in [5.74, 6) is -0.747. The van der Waals surface area contributed by atoms with Gasteiger partial charge < -0.3 is 10.6 Å². The van der Waals surface area contributed by atoms with Crippen molar-refractivity contribution in [3.05, 3.63) is 71.0 Å². The lowest BCUT2D eigenvalue weighted by Crippen LogP contribution is -2.19. The largest absolute Gasteiger partial charge is 0.325 e. The highest BCUT2D eigenvalue weighted by molar-refractivity contribution is 7.14. The second kappa shape index (κ2) is 7.75. The van der Waals surface area contributed by atoms with E-state index in [2.05, 4.69) is 20.9 Å². The Morgan fingerprint density at radius 2 is 1.73 bits per heavy atom. The molecule has 0 spiro atoms. The van der Waals surface area contributed by atoms with Crippen molar-refractivity contribution in [2.45, 2.75) is 6.92 Å². The summed E-state index contributed by atoms with van der Waals surface area (Å²) in [6.07, 6.45) is 0. The number of rotatable bonds is 4. The van der Waals surface area contributed by atoms with Gasteiger partial charge in [-0.25, -0.2) is 14.2 Å². The number of halogens is 1. The molecular weight excluding hydrogens is 355 g/mol. The Bertz CT molecular complexity index is 940. The lowest BCUT2D eigenvalue weighted by molar-refractivity contribution is 0.102. The average molecular weight is 370 g/mol. The van der Waals surface area contributed by atoms with Gasteiger partial charge in [-0.2, -0.15) is 0 Å². The Morgan fingerprint density at radius 3 is 2.46 bits per heavy atom. The summed E-state index contributed by atoms with van der Waals surface area (Å²) in [5.41, 5.74) is 2.29. The molecule has 3 amide bonds. The van der Waals surface area contributed by atoms with Gasteiger partial charge in [0.2, 0.25) is 0 Å². The van der Waals surface area contributed by atoms with E-state index in [-0.39, 0.29) is 22.5 Å². The van der Waals surface area contributed by atoms with E-state index in [0.29, 0.717) is 11.4 Å². The van der Waals surface area contributed by atoms with Crippen LogP contribution >= 0.6 is 11.3 Å². The van der Waals surface area contributed by atoms with E-state index < -0.39 is 6.03 Å². The van der Waals surface area contributed by atoms with Crippen LogP contribution in [0.1, 0.15) is 16.1 Å². The van der Waals surface area contributed by atoms with E-state index in [1.54, 1.807) is 11.4 Å². The first-order chi connectivity index (χ1) is 12.5. The Balaban J connectivity index is 1.60. The minimum atomic E-state index is -0.531. The first kappa shape index (κ1) is 17.6. The van der Waals surface area contributed by atoms with Gasteiger partial charge in [0.25, 0.3) is 5.91 Å². The summed E-state index contributed by atoms with van der Waals surface area (Å²) >= 11 is 1.13. The Morgan fingerprint density at radius 1 is 1.00 bits per heavy atom. The normalized spacial score (nSPS) is 10.2. The zero-order valence-electron chi connectivity index (χ0n) is 13.7. The van der Waals surface area contributed by atoms with Gasteiger partial charge in [0.05, 0.1) is 0 Å². The predicted molar refractivity (Wildman–Crippen MR) is 100 cm³/mol. The standard InChI is InChI=1S/C18H15FN4O2S/c1-11-4-2-3-5-14(11)21-16(24)15-10-26-18(22-15)23-17(25)20-13-8-6-12(19)7-9-13/h2-10H,1H3,(H,21,24)(H2,20,22,23,25). The molecule has 0 aliphatic heterocycles. The number of anilines is 3. The maximum Gasteiger partial charge on any atom is 0.325 e. The van der Waals surface area contributed by atoms with E-state index in [1.807, 2.05) is 25.1 Å². The second-order valence-electron chi connectivity index (χ2n) is 5.39. The van der Waals surface area contributed by atoms with Crippen LogP contribution in [0.4, 0.5) is 25.7 Å². The van der Waals surface area contributed by atoms with Crippen LogP contribution < -0.4 is 16.0 Å². The van der Waals surface area contributed by atoms with Crippen molar-refractivity contribution >= 4 is 39.8 Å². The molecule has 0 fully saturated rings. The van der Waals surface area contributed by atoms with Crippen LogP contribution in [0.15, 0.2) is 53.9 Å². The van der Waals surface area contributed by atoms with Crippen LogP contribution in [0.25, 0.3) is 0 Å². The predicted octanol–water partition coefficient (Wildman–Crippen LogP) is 4.49. The highest BCUT2D eigenvalue weighted by atomic mass is 32.1. The number of nitrogens with one attached hydrogen (secondary N) is 3. The summed E-state index contributed by atoms with van der Waals surface area (Å²) in [6.45, 7) is 1.89. The Hall–Kier alpha value is -3.26. The quantitative estimate of drug-likeness (QED) is 0.633. The molecule has 0 radical (unpaired) electrons. The number of benzene rings is 2. The first-order valence-corrected chi connectivity index (χ1v) is 8.55. The molecule has 0 atom stereocenters. The second-order valence-corrected chi connectivity index (χ2v) is 6.25.